The Hall–Kier alpha value is -4.13. The number of para-hydroxylation sites is 1. The maximum absolute atomic E-state index is 13.0. The maximum Gasteiger partial charge on any atom is 0.407 e. The quantitative estimate of drug-likeness (QED) is 0.552. The van der Waals surface area contributed by atoms with Crippen molar-refractivity contribution in [2.24, 2.45) is 0 Å². The summed E-state index contributed by atoms with van der Waals surface area (Å²) in [6.07, 6.45) is -0.553. The molecule has 0 saturated carbocycles. The molecule has 0 saturated heterocycles. The van der Waals surface area contributed by atoms with E-state index in [1.165, 1.54) is 4.90 Å². The van der Waals surface area contributed by atoms with Crippen LogP contribution in [0.4, 0.5) is 10.5 Å². The lowest BCUT2D eigenvalue weighted by Crippen LogP contribution is -2.39. The van der Waals surface area contributed by atoms with Crippen molar-refractivity contribution in [2.75, 3.05) is 18.1 Å². The molecule has 7 heteroatoms. The zero-order valence-electron chi connectivity index (χ0n) is 19.3. The van der Waals surface area contributed by atoms with Crippen LogP contribution < -0.4 is 10.2 Å². The molecule has 0 aromatic heterocycles. The predicted octanol–water partition coefficient (Wildman–Crippen LogP) is 4.52. The number of anilines is 1. The Morgan fingerprint density at radius 2 is 1.51 bits per heavy atom. The Labute approximate surface area is 203 Å². The number of carbonyl (C=O) groups is 3. The highest BCUT2D eigenvalue weighted by atomic mass is 16.5. The lowest BCUT2D eigenvalue weighted by molar-refractivity contribution is -0.138. The number of hydrogen-bond donors (Lipinski definition) is 2. The van der Waals surface area contributed by atoms with Crippen LogP contribution >= 0.6 is 0 Å². The Morgan fingerprint density at radius 1 is 0.943 bits per heavy atom. The topological polar surface area (TPSA) is 95.9 Å². The van der Waals surface area contributed by atoms with Gasteiger partial charge in [0.15, 0.2) is 0 Å². The fourth-order valence-electron chi connectivity index (χ4n) is 5.12. The largest absolute Gasteiger partial charge is 0.481 e. The average Bonchev–Trinajstić information content (AvgIpc) is 3.39. The van der Waals surface area contributed by atoms with Gasteiger partial charge in [0, 0.05) is 30.6 Å². The first kappa shape index (κ1) is 22.7. The van der Waals surface area contributed by atoms with Crippen molar-refractivity contribution in [1.29, 1.82) is 0 Å². The molecule has 178 valence electrons. The Morgan fingerprint density at radius 3 is 2.14 bits per heavy atom. The second-order valence-corrected chi connectivity index (χ2v) is 9.03. The summed E-state index contributed by atoms with van der Waals surface area (Å²) < 4.78 is 5.57. The molecule has 3 aromatic carbocycles. The summed E-state index contributed by atoms with van der Waals surface area (Å²) in [6, 6.07) is 22.8. The van der Waals surface area contributed by atoms with Gasteiger partial charge in [-0.15, -0.1) is 0 Å². The third kappa shape index (κ3) is 4.25. The molecule has 5 rings (SSSR count). The number of carbonyl (C=O) groups excluding carboxylic acids is 2. The summed E-state index contributed by atoms with van der Waals surface area (Å²) in [5, 5.41) is 12.3. The minimum absolute atomic E-state index is 0.0326. The van der Waals surface area contributed by atoms with Crippen LogP contribution in [0, 0.1) is 0 Å². The van der Waals surface area contributed by atoms with Crippen LogP contribution in [0.1, 0.15) is 41.9 Å². The molecule has 1 heterocycles. The maximum atomic E-state index is 13.0. The third-order valence-electron chi connectivity index (χ3n) is 6.76. The molecule has 3 aromatic rings. The molecule has 0 bridgehead atoms. The number of aliphatic carboxylic acids is 1. The number of nitrogens with one attached hydrogen (secondary N) is 1. The number of ether oxygens (including phenoxy) is 1. The van der Waals surface area contributed by atoms with E-state index in [1.54, 1.807) is 31.2 Å². The van der Waals surface area contributed by atoms with Crippen LogP contribution in [0.25, 0.3) is 11.1 Å². The number of carboxylic acid groups (broad SMARTS) is 1. The van der Waals surface area contributed by atoms with Gasteiger partial charge in [0.25, 0.3) is 0 Å². The molecule has 0 fully saturated rings. The van der Waals surface area contributed by atoms with Gasteiger partial charge in [0.1, 0.15) is 12.5 Å². The standard InChI is InChI=1S/C28H26N2O5/c1-17(14-26(31)30-15-23(27(32)33)22-12-6-7-13-25(22)30)29-28(34)35-16-24-20-10-4-2-8-18(20)19-9-3-5-11-21(19)24/h2-13,17,23-24H,14-16H2,1H3,(H,29,34)(H,32,33)/t17-,23?/m1/s1. The van der Waals surface area contributed by atoms with E-state index in [4.69, 9.17) is 4.74 Å². The van der Waals surface area contributed by atoms with E-state index in [-0.39, 0.29) is 31.4 Å². The van der Waals surface area contributed by atoms with Crippen LogP contribution in [-0.4, -0.2) is 42.3 Å². The number of nitrogens with zero attached hydrogens (tertiary/aromatic N) is 1. The van der Waals surface area contributed by atoms with Crippen LogP contribution in [0.3, 0.4) is 0 Å². The number of fused-ring (bicyclic) bond motifs is 4. The van der Waals surface area contributed by atoms with Crippen LogP contribution in [-0.2, 0) is 14.3 Å². The second kappa shape index (κ2) is 9.25. The number of rotatable bonds is 6. The molecule has 2 atom stereocenters. The van der Waals surface area contributed by atoms with Crippen LogP contribution in [0.15, 0.2) is 72.8 Å². The van der Waals surface area contributed by atoms with Crippen LogP contribution in [0.5, 0.6) is 0 Å². The van der Waals surface area contributed by atoms with Gasteiger partial charge in [-0.3, -0.25) is 9.59 Å². The molecule has 35 heavy (non-hydrogen) atoms. The van der Waals surface area contributed by atoms with E-state index in [9.17, 15) is 19.5 Å². The normalized spacial score (nSPS) is 16.7. The van der Waals surface area contributed by atoms with Crippen molar-refractivity contribution >= 4 is 23.7 Å². The van der Waals surface area contributed by atoms with Gasteiger partial charge >= 0.3 is 12.1 Å². The van der Waals surface area contributed by atoms with E-state index in [1.807, 2.05) is 24.3 Å². The van der Waals surface area contributed by atoms with E-state index in [0.717, 1.165) is 22.3 Å². The van der Waals surface area contributed by atoms with Gasteiger partial charge < -0.3 is 20.1 Å². The summed E-state index contributed by atoms with van der Waals surface area (Å²) in [7, 11) is 0. The summed E-state index contributed by atoms with van der Waals surface area (Å²) in [5.74, 6) is -2.00. The first-order valence-electron chi connectivity index (χ1n) is 11.7. The molecule has 1 aliphatic heterocycles. The second-order valence-electron chi connectivity index (χ2n) is 9.03. The van der Waals surface area contributed by atoms with E-state index in [2.05, 4.69) is 29.6 Å². The highest BCUT2D eigenvalue weighted by Gasteiger charge is 2.36. The lowest BCUT2D eigenvalue weighted by Gasteiger charge is -2.21. The minimum Gasteiger partial charge on any atom is -0.481 e. The van der Waals surface area contributed by atoms with Gasteiger partial charge in [-0.1, -0.05) is 66.7 Å². The first-order chi connectivity index (χ1) is 16.9. The number of amides is 2. The molecule has 7 nitrogen and oxygen atoms in total. The van der Waals surface area contributed by atoms with Crippen molar-refractivity contribution in [3.05, 3.63) is 89.5 Å². The highest BCUT2D eigenvalue weighted by Crippen LogP contribution is 2.44. The molecule has 2 N–H and O–H groups in total. The van der Waals surface area contributed by atoms with Gasteiger partial charge in [0.2, 0.25) is 5.91 Å². The van der Waals surface area contributed by atoms with Crippen molar-refractivity contribution in [3.63, 3.8) is 0 Å². The molecule has 1 aliphatic carbocycles. The number of carboxylic acids is 1. The summed E-state index contributed by atoms with van der Waals surface area (Å²) in [6.45, 7) is 2.02. The predicted molar refractivity (Wildman–Crippen MR) is 131 cm³/mol. The van der Waals surface area contributed by atoms with Crippen LogP contribution in [0.2, 0.25) is 0 Å². The molecular formula is C28H26N2O5. The molecule has 1 unspecified atom stereocenters. The highest BCUT2D eigenvalue weighted by molar-refractivity contribution is 5.99. The van der Waals surface area contributed by atoms with E-state index >= 15 is 0 Å². The van der Waals surface area contributed by atoms with Gasteiger partial charge in [-0.2, -0.15) is 0 Å². The summed E-state index contributed by atoms with van der Waals surface area (Å²) in [5.41, 5.74) is 5.81. The van der Waals surface area contributed by atoms with E-state index < -0.39 is 24.0 Å². The number of hydrogen-bond acceptors (Lipinski definition) is 4. The SMILES string of the molecule is C[C@H](CC(=O)N1CC(C(=O)O)c2ccccc21)NC(=O)OCC1c2ccccc2-c2ccccc21. The van der Waals surface area contributed by atoms with Gasteiger partial charge in [0.05, 0.1) is 0 Å². The Balaban J connectivity index is 1.19. The van der Waals surface area contributed by atoms with Gasteiger partial charge in [-0.25, -0.2) is 4.79 Å². The summed E-state index contributed by atoms with van der Waals surface area (Å²) in [4.78, 5) is 38.6. The third-order valence-corrected chi connectivity index (χ3v) is 6.76. The monoisotopic (exact) mass is 470 g/mol. The lowest BCUT2D eigenvalue weighted by atomic mass is 9.98. The molecular weight excluding hydrogens is 444 g/mol. The Bertz CT molecular complexity index is 1260. The van der Waals surface area contributed by atoms with Crippen molar-refractivity contribution in [3.8, 4) is 11.1 Å². The number of alkyl carbamates (subject to hydrolysis) is 1. The average molecular weight is 471 g/mol. The molecule has 2 amide bonds. The fraction of sp³-hybridized carbons (Fsp3) is 0.250. The Kier molecular flexibility index (Phi) is 5.99. The van der Waals surface area contributed by atoms with E-state index in [0.29, 0.717) is 11.3 Å². The first-order valence-corrected chi connectivity index (χ1v) is 11.7. The molecule has 0 spiro atoms. The molecule has 2 aliphatic rings. The number of benzene rings is 3. The van der Waals surface area contributed by atoms with Gasteiger partial charge in [-0.05, 0) is 40.8 Å². The molecule has 0 radical (unpaired) electrons. The summed E-state index contributed by atoms with van der Waals surface area (Å²) >= 11 is 0. The van der Waals surface area contributed by atoms with Crippen molar-refractivity contribution in [2.45, 2.75) is 31.2 Å². The minimum atomic E-state index is -0.961. The zero-order valence-corrected chi connectivity index (χ0v) is 19.3. The fourth-order valence-corrected chi connectivity index (χ4v) is 5.12. The van der Waals surface area contributed by atoms with Crippen molar-refractivity contribution < 1.29 is 24.2 Å². The smallest absolute Gasteiger partial charge is 0.407 e. The zero-order chi connectivity index (χ0) is 24.5. The van der Waals surface area contributed by atoms with Crippen molar-refractivity contribution in [1.82, 2.24) is 5.32 Å².